The molecule has 1 aromatic carbocycles. The van der Waals surface area contributed by atoms with Crippen LogP contribution in [0.15, 0.2) is 35.4 Å². The molecule has 1 aromatic heterocycles. The molecule has 2 rings (SSSR count). The first-order valence-electron chi connectivity index (χ1n) is 5.50. The fraction of sp³-hybridized carbons (Fsp3) is 0.273. The number of halogens is 3. The van der Waals surface area contributed by atoms with Crippen molar-refractivity contribution in [1.29, 1.82) is 0 Å². The Bertz CT molecular complexity index is 723. The molecule has 0 radical (unpaired) electrons. The molecule has 0 unspecified atom stereocenters. The highest BCUT2D eigenvalue weighted by atomic mass is 32.2. The van der Waals surface area contributed by atoms with Gasteiger partial charge in [0, 0.05) is 29.4 Å². The lowest BCUT2D eigenvalue weighted by molar-refractivity contribution is -0.0328. The lowest BCUT2D eigenvalue weighted by Gasteiger charge is -2.07. The summed E-state index contributed by atoms with van der Waals surface area (Å²) in [5, 5.41) is 5.52. The number of aryl methyl sites for hydroxylation is 1. The Labute approximate surface area is 117 Å². The molecule has 0 fully saturated rings. The number of para-hydroxylation sites is 1. The summed E-state index contributed by atoms with van der Waals surface area (Å²) in [6, 6.07) is 6.54. The third-order valence-corrected chi connectivity index (χ3v) is 4.31. The van der Waals surface area contributed by atoms with E-state index in [1.807, 2.05) is 0 Å². The molecule has 0 atom stereocenters. The van der Waals surface area contributed by atoms with Crippen LogP contribution in [0.4, 0.5) is 13.2 Å². The van der Waals surface area contributed by atoms with E-state index in [-0.39, 0.29) is 29.0 Å². The minimum absolute atomic E-state index is 0.0419. The van der Waals surface area contributed by atoms with E-state index in [1.54, 1.807) is 24.3 Å². The topological polar surface area (TPSA) is 65.1 Å². The number of primary sulfonamides is 1. The van der Waals surface area contributed by atoms with Crippen molar-refractivity contribution in [3.05, 3.63) is 30.5 Å². The van der Waals surface area contributed by atoms with Gasteiger partial charge in [-0.2, -0.15) is 13.2 Å². The summed E-state index contributed by atoms with van der Waals surface area (Å²) in [7, 11) is -3.91. The van der Waals surface area contributed by atoms with E-state index in [0.29, 0.717) is 10.9 Å². The van der Waals surface area contributed by atoms with Crippen LogP contribution in [0.5, 0.6) is 0 Å². The second kappa shape index (κ2) is 5.30. The van der Waals surface area contributed by atoms with E-state index in [2.05, 4.69) is 0 Å². The van der Waals surface area contributed by atoms with Crippen molar-refractivity contribution >= 4 is 32.7 Å². The third-order valence-electron chi connectivity index (χ3n) is 2.66. The monoisotopic (exact) mass is 324 g/mol. The van der Waals surface area contributed by atoms with Gasteiger partial charge in [-0.25, -0.2) is 13.6 Å². The number of alkyl halides is 3. The number of thioether (sulfide) groups is 1. The highest BCUT2D eigenvalue weighted by Crippen LogP contribution is 2.31. The Hall–Kier alpha value is -1.19. The highest BCUT2D eigenvalue weighted by Gasteiger charge is 2.27. The van der Waals surface area contributed by atoms with Crippen LogP contribution in [-0.4, -0.2) is 24.2 Å². The zero-order valence-corrected chi connectivity index (χ0v) is 11.7. The fourth-order valence-electron chi connectivity index (χ4n) is 1.88. The van der Waals surface area contributed by atoms with Gasteiger partial charge in [0.05, 0.1) is 0 Å². The molecule has 1 heterocycles. The number of rotatable bonds is 4. The van der Waals surface area contributed by atoms with Gasteiger partial charge in [0.25, 0.3) is 0 Å². The SMILES string of the molecule is NS(=O)(=O)c1cn(CCSC(F)(F)F)c2ccccc12. The Morgan fingerprint density at radius 2 is 1.90 bits per heavy atom. The number of hydrogen-bond donors (Lipinski definition) is 1. The second-order valence-electron chi connectivity index (χ2n) is 4.04. The second-order valence-corrected chi connectivity index (χ2v) is 6.73. The Morgan fingerprint density at radius 3 is 2.50 bits per heavy atom. The van der Waals surface area contributed by atoms with Crippen LogP contribution in [0, 0.1) is 0 Å². The van der Waals surface area contributed by atoms with Crippen LogP contribution in [0.3, 0.4) is 0 Å². The minimum Gasteiger partial charge on any atom is -0.345 e. The maximum Gasteiger partial charge on any atom is 0.441 e. The maximum absolute atomic E-state index is 12.1. The van der Waals surface area contributed by atoms with Crippen molar-refractivity contribution in [3.63, 3.8) is 0 Å². The van der Waals surface area contributed by atoms with Gasteiger partial charge in [-0.3, -0.25) is 0 Å². The van der Waals surface area contributed by atoms with Gasteiger partial charge in [0.1, 0.15) is 4.90 Å². The smallest absolute Gasteiger partial charge is 0.345 e. The summed E-state index contributed by atoms with van der Waals surface area (Å²) in [6.45, 7) is 0.0419. The van der Waals surface area contributed by atoms with Crippen LogP contribution in [0.1, 0.15) is 0 Å². The van der Waals surface area contributed by atoms with Crippen molar-refractivity contribution in [2.24, 2.45) is 5.14 Å². The molecule has 2 aromatic rings. The van der Waals surface area contributed by atoms with Crippen molar-refractivity contribution in [2.75, 3.05) is 5.75 Å². The standard InChI is InChI=1S/C11H11F3N2O2S2/c12-11(13,14)19-6-5-16-7-10(20(15,17)18)8-3-1-2-4-9(8)16/h1-4,7H,5-6H2,(H2,15,17,18). The fourth-order valence-corrected chi connectivity index (χ4v) is 3.16. The van der Waals surface area contributed by atoms with Crippen molar-refractivity contribution in [3.8, 4) is 0 Å². The number of nitrogens with zero attached hydrogens (tertiary/aromatic N) is 1. The van der Waals surface area contributed by atoms with Gasteiger partial charge in [0.15, 0.2) is 0 Å². The van der Waals surface area contributed by atoms with Crippen LogP contribution in [0.25, 0.3) is 10.9 Å². The molecule has 110 valence electrons. The summed E-state index contributed by atoms with van der Waals surface area (Å²) >= 11 is -0.148. The predicted octanol–water partition coefficient (Wildman–Crippen LogP) is 2.54. The van der Waals surface area contributed by atoms with Crippen molar-refractivity contribution in [2.45, 2.75) is 16.9 Å². The van der Waals surface area contributed by atoms with Gasteiger partial charge in [-0.05, 0) is 17.8 Å². The van der Waals surface area contributed by atoms with Gasteiger partial charge < -0.3 is 4.57 Å². The lowest BCUT2D eigenvalue weighted by Crippen LogP contribution is -2.11. The summed E-state index contributed by atoms with van der Waals surface area (Å²) < 4.78 is 60.7. The number of aromatic nitrogens is 1. The molecule has 0 aliphatic rings. The molecule has 0 saturated heterocycles. The Balaban J connectivity index is 2.35. The van der Waals surface area contributed by atoms with Gasteiger partial charge in [-0.15, -0.1) is 0 Å². The molecule has 0 bridgehead atoms. The molecule has 0 spiro atoms. The number of sulfonamides is 1. The predicted molar refractivity (Wildman–Crippen MR) is 71.8 cm³/mol. The molecular formula is C11H11F3N2O2S2. The quantitative estimate of drug-likeness (QED) is 0.940. The lowest BCUT2D eigenvalue weighted by atomic mass is 10.2. The Kier molecular flexibility index (Phi) is 4.03. The number of fused-ring (bicyclic) bond motifs is 1. The molecule has 0 saturated carbocycles. The zero-order chi connectivity index (χ0) is 15.0. The maximum atomic E-state index is 12.1. The van der Waals surface area contributed by atoms with Gasteiger partial charge >= 0.3 is 5.51 Å². The van der Waals surface area contributed by atoms with Gasteiger partial charge in [-0.1, -0.05) is 18.2 Å². The summed E-state index contributed by atoms with van der Waals surface area (Å²) in [4.78, 5) is -0.0786. The van der Waals surface area contributed by atoms with Crippen LogP contribution >= 0.6 is 11.8 Å². The third kappa shape index (κ3) is 3.47. The summed E-state index contributed by atoms with van der Waals surface area (Å²) in [6.07, 6.45) is 1.27. The molecule has 20 heavy (non-hydrogen) atoms. The van der Waals surface area contributed by atoms with E-state index in [0.717, 1.165) is 0 Å². The summed E-state index contributed by atoms with van der Waals surface area (Å²) in [5.41, 5.74) is -3.76. The highest BCUT2D eigenvalue weighted by molar-refractivity contribution is 8.00. The summed E-state index contributed by atoms with van der Waals surface area (Å²) in [5.74, 6) is -0.202. The van der Waals surface area contributed by atoms with Crippen molar-refractivity contribution < 1.29 is 21.6 Å². The largest absolute Gasteiger partial charge is 0.441 e. The van der Waals surface area contributed by atoms with E-state index < -0.39 is 15.5 Å². The molecular weight excluding hydrogens is 313 g/mol. The van der Waals surface area contributed by atoms with E-state index in [9.17, 15) is 21.6 Å². The number of benzene rings is 1. The van der Waals surface area contributed by atoms with E-state index >= 15 is 0 Å². The first-order valence-corrected chi connectivity index (χ1v) is 8.03. The van der Waals surface area contributed by atoms with E-state index in [1.165, 1.54) is 10.8 Å². The average Bonchev–Trinajstić information content (AvgIpc) is 2.67. The number of nitrogens with two attached hydrogens (primary N) is 1. The van der Waals surface area contributed by atoms with Crippen LogP contribution < -0.4 is 5.14 Å². The molecule has 0 amide bonds. The zero-order valence-electron chi connectivity index (χ0n) is 10.1. The van der Waals surface area contributed by atoms with Gasteiger partial charge in [0.2, 0.25) is 10.0 Å². The first-order chi connectivity index (χ1) is 9.18. The number of hydrogen-bond acceptors (Lipinski definition) is 3. The molecule has 0 aliphatic carbocycles. The first kappa shape index (κ1) is 15.2. The molecule has 9 heteroatoms. The normalized spacial score (nSPS) is 13.0. The minimum atomic E-state index is -4.30. The van der Waals surface area contributed by atoms with Crippen molar-refractivity contribution in [1.82, 2.24) is 4.57 Å². The average molecular weight is 324 g/mol. The molecule has 4 nitrogen and oxygen atoms in total. The van der Waals surface area contributed by atoms with E-state index in [4.69, 9.17) is 5.14 Å². The molecule has 0 aliphatic heterocycles. The van der Waals surface area contributed by atoms with Crippen LogP contribution in [-0.2, 0) is 16.6 Å². The van der Waals surface area contributed by atoms with Crippen LogP contribution in [0.2, 0.25) is 0 Å². The Morgan fingerprint density at radius 1 is 1.25 bits per heavy atom. The molecule has 2 N–H and O–H groups in total.